The molecule has 3 N–H and O–H groups in total. The predicted octanol–water partition coefficient (Wildman–Crippen LogP) is -0.493. The molecule has 0 spiro atoms. The third kappa shape index (κ3) is 2.03. The molecule has 0 radical (unpaired) electrons. The van der Waals surface area contributed by atoms with E-state index in [1.807, 2.05) is 0 Å². The lowest BCUT2D eigenvalue weighted by atomic mass is 9.76. The SMILES string of the molecule is O=C(NC1(C(=O)O)CCC1)c1ccc(=O)[nH]n1. The van der Waals surface area contributed by atoms with Crippen LogP contribution in [0, 0.1) is 0 Å². The maximum atomic E-state index is 11.7. The molecule has 7 nitrogen and oxygen atoms in total. The second kappa shape index (κ2) is 4.00. The molecule has 0 unspecified atom stereocenters. The third-order valence-electron chi connectivity index (χ3n) is 2.88. The maximum absolute atomic E-state index is 11.7. The summed E-state index contributed by atoms with van der Waals surface area (Å²) in [6.45, 7) is 0. The highest BCUT2D eigenvalue weighted by Crippen LogP contribution is 2.32. The molecule has 1 fully saturated rings. The first-order chi connectivity index (χ1) is 8.03. The van der Waals surface area contributed by atoms with Gasteiger partial charge in [-0.15, -0.1) is 0 Å². The lowest BCUT2D eigenvalue weighted by Gasteiger charge is -2.37. The summed E-state index contributed by atoms with van der Waals surface area (Å²) in [6.07, 6.45) is 1.60. The summed E-state index contributed by atoms with van der Waals surface area (Å²) in [7, 11) is 0. The highest BCUT2D eigenvalue weighted by molar-refractivity contribution is 5.96. The number of nitrogens with one attached hydrogen (secondary N) is 2. The van der Waals surface area contributed by atoms with Gasteiger partial charge in [-0.25, -0.2) is 9.89 Å². The summed E-state index contributed by atoms with van der Waals surface area (Å²) in [5.41, 5.74) is -1.59. The number of carbonyl (C=O) groups excluding carboxylic acids is 1. The van der Waals surface area contributed by atoms with E-state index in [-0.39, 0.29) is 5.69 Å². The van der Waals surface area contributed by atoms with Gasteiger partial charge in [-0.1, -0.05) is 0 Å². The van der Waals surface area contributed by atoms with Crippen molar-refractivity contribution in [1.82, 2.24) is 15.5 Å². The zero-order valence-corrected chi connectivity index (χ0v) is 8.90. The largest absolute Gasteiger partial charge is 0.480 e. The molecule has 1 aromatic heterocycles. The Morgan fingerprint density at radius 1 is 1.41 bits per heavy atom. The molecule has 1 aromatic rings. The molecule has 1 heterocycles. The number of carboxylic acids is 1. The number of nitrogens with zero attached hydrogens (tertiary/aromatic N) is 1. The minimum absolute atomic E-state index is 0.00266. The van der Waals surface area contributed by atoms with E-state index in [9.17, 15) is 14.4 Å². The zero-order valence-electron chi connectivity index (χ0n) is 8.90. The van der Waals surface area contributed by atoms with E-state index < -0.39 is 23.0 Å². The van der Waals surface area contributed by atoms with Gasteiger partial charge in [0.15, 0.2) is 0 Å². The van der Waals surface area contributed by atoms with Crippen molar-refractivity contribution < 1.29 is 14.7 Å². The van der Waals surface area contributed by atoms with Crippen molar-refractivity contribution in [3.8, 4) is 0 Å². The number of aromatic amines is 1. The molecule has 0 saturated heterocycles. The third-order valence-corrected chi connectivity index (χ3v) is 2.88. The summed E-state index contributed by atoms with van der Waals surface area (Å²) in [4.78, 5) is 33.5. The second-order valence-corrected chi connectivity index (χ2v) is 4.00. The Balaban J connectivity index is 2.14. The molecule has 1 amide bonds. The maximum Gasteiger partial charge on any atom is 0.329 e. The zero-order chi connectivity index (χ0) is 12.5. The molecule has 1 aliphatic carbocycles. The van der Waals surface area contributed by atoms with E-state index in [0.29, 0.717) is 12.8 Å². The van der Waals surface area contributed by atoms with Gasteiger partial charge in [0.2, 0.25) is 0 Å². The number of hydrogen-bond donors (Lipinski definition) is 3. The van der Waals surface area contributed by atoms with E-state index in [1.165, 1.54) is 6.07 Å². The topological polar surface area (TPSA) is 112 Å². The van der Waals surface area contributed by atoms with E-state index >= 15 is 0 Å². The number of carbonyl (C=O) groups is 2. The van der Waals surface area contributed by atoms with Crippen LogP contribution in [0.3, 0.4) is 0 Å². The summed E-state index contributed by atoms with van der Waals surface area (Å²) >= 11 is 0. The van der Waals surface area contributed by atoms with Crippen molar-refractivity contribution in [3.63, 3.8) is 0 Å². The Morgan fingerprint density at radius 2 is 2.12 bits per heavy atom. The van der Waals surface area contributed by atoms with Gasteiger partial charge in [-0.2, -0.15) is 5.10 Å². The minimum Gasteiger partial charge on any atom is -0.480 e. The second-order valence-electron chi connectivity index (χ2n) is 4.00. The molecule has 1 saturated carbocycles. The van der Waals surface area contributed by atoms with Crippen molar-refractivity contribution in [2.75, 3.05) is 0 Å². The Morgan fingerprint density at radius 3 is 2.53 bits per heavy atom. The number of rotatable bonds is 3. The van der Waals surface area contributed by atoms with Crippen LogP contribution in [0.4, 0.5) is 0 Å². The molecule has 0 atom stereocenters. The molecule has 0 aromatic carbocycles. The van der Waals surface area contributed by atoms with Gasteiger partial charge < -0.3 is 10.4 Å². The number of carboxylic acid groups (broad SMARTS) is 1. The molecular formula is C10H11N3O4. The van der Waals surface area contributed by atoms with Crippen LogP contribution in [0.5, 0.6) is 0 Å². The lowest BCUT2D eigenvalue weighted by Crippen LogP contribution is -2.59. The summed E-state index contributed by atoms with van der Waals surface area (Å²) in [5, 5.41) is 17.1. The predicted molar refractivity (Wildman–Crippen MR) is 56.5 cm³/mol. The average molecular weight is 237 g/mol. The van der Waals surface area contributed by atoms with Crippen LogP contribution in [-0.4, -0.2) is 32.7 Å². The van der Waals surface area contributed by atoms with Gasteiger partial charge in [-0.3, -0.25) is 9.59 Å². The Kier molecular flexibility index (Phi) is 2.66. The van der Waals surface area contributed by atoms with Crippen molar-refractivity contribution in [2.24, 2.45) is 0 Å². The highest BCUT2D eigenvalue weighted by Gasteiger charge is 2.45. The molecule has 1 aliphatic rings. The Labute approximate surface area is 95.9 Å². The monoisotopic (exact) mass is 237 g/mol. The molecule has 7 heteroatoms. The van der Waals surface area contributed by atoms with Gasteiger partial charge in [0.25, 0.3) is 11.5 Å². The van der Waals surface area contributed by atoms with E-state index in [2.05, 4.69) is 15.5 Å². The van der Waals surface area contributed by atoms with Crippen LogP contribution in [0.2, 0.25) is 0 Å². The number of H-pyrrole nitrogens is 1. The molecule has 0 bridgehead atoms. The normalized spacial score (nSPS) is 16.9. The molecule has 0 aliphatic heterocycles. The number of aromatic nitrogens is 2. The summed E-state index contributed by atoms with van der Waals surface area (Å²) in [6, 6.07) is 2.42. The van der Waals surface area contributed by atoms with Crippen molar-refractivity contribution in [3.05, 3.63) is 28.2 Å². The van der Waals surface area contributed by atoms with Gasteiger partial charge in [0.05, 0.1) is 0 Å². The van der Waals surface area contributed by atoms with Gasteiger partial charge in [0.1, 0.15) is 11.2 Å². The van der Waals surface area contributed by atoms with Crippen LogP contribution in [0.25, 0.3) is 0 Å². The fourth-order valence-corrected chi connectivity index (χ4v) is 1.67. The molecule has 2 rings (SSSR count). The van der Waals surface area contributed by atoms with Crippen LogP contribution >= 0.6 is 0 Å². The van der Waals surface area contributed by atoms with Crippen molar-refractivity contribution in [2.45, 2.75) is 24.8 Å². The van der Waals surface area contributed by atoms with Crippen LogP contribution < -0.4 is 10.9 Å². The van der Waals surface area contributed by atoms with E-state index in [4.69, 9.17) is 5.11 Å². The van der Waals surface area contributed by atoms with Gasteiger partial charge >= 0.3 is 5.97 Å². The number of hydrogen-bond acceptors (Lipinski definition) is 4. The standard InChI is InChI=1S/C10H11N3O4/c14-7-3-2-6(12-13-7)8(15)11-10(9(16)17)4-1-5-10/h2-3H,1,4-5H2,(H,11,15)(H,13,14)(H,16,17). The Hall–Kier alpha value is -2.18. The molecule has 90 valence electrons. The molecular weight excluding hydrogens is 226 g/mol. The van der Waals surface area contributed by atoms with Crippen molar-refractivity contribution in [1.29, 1.82) is 0 Å². The van der Waals surface area contributed by atoms with Crippen LogP contribution in [-0.2, 0) is 4.79 Å². The summed E-state index contributed by atoms with van der Waals surface area (Å²) < 4.78 is 0. The van der Waals surface area contributed by atoms with Crippen molar-refractivity contribution >= 4 is 11.9 Å². The minimum atomic E-state index is -1.17. The first kappa shape index (κ1) is 11.3. The van der Waals surface area contributed by atoms with Crippen LogP contribution in [0.1, 0.15) is 29.8 Å². The fraction of sp³-hybridized carbons (Fsp3) is 0.400. The smallest absolute Gasteiger partial charge is 0.329 e. The first-order valence-electron chi connectivity index (χ1n) is 5.15. The van der Waals surface area contributed by atoms with Gasteiger partial charge in [-0.05, 0) is 25.3 Å². The van der Waals surface area contributed by atoms with E-state index in [1.54, 1.807) is 0 Å². The van der Waals surface area contributed by atoms with Crippen LogP contribution in [0.15, 0.2) is 16.9 Å². The first-order valence-corrected chi connectivity index (χ1v) is 5.15. The molecule has 17 heavy (non-hydrogen) atoms. The number of aliphatic carboxylic acids is 1. The quantitative estimate of drug-likeness (QED) is 0.656. The van der Waals surface area contributed by atoms with E-state index in [0.717, 1.165) is 12.5 Å². The Bertz CT molecular complexity index is 498. The number of amides is 1. The summed E-state index contributed by atoms with van der Waals surface area (Å²) in [5.74, 6) is -1.63. The van der Waals surface area contributed by atoms with Gasteiger partial charge in [0, 0.05) is 6.07 Å². The highest BCUT2D eigenvalue weighted by atomic mass is 16.4. The average Bonchev–Trinajstić information content (AvgIpc) is 2.23. The fourth-order valence-electron chi connectivity index (χ4n) is 1.67. The lowest BCUT2D eigenvalue weighted by molar-refractivity contribution is -0.148.